The number of carbonyl (C=O) groups is 4. The molecule has 0 unspecified atom stereocenters. The van der Waals surface area contributed by atoms with Crippen LogP contribution in [0.5, 0.6) is 0 Å². The highest BCUT2D eigenvalue weighted by Crippen LogP contribution is 2.34. The van der Waals surface area contributed by atoms with Crippen molar-refractivity contribution in [2.45, 2.75) is 63.4 Å². The number of amides is 3. The molecule has 194 valence electrons. The van der Waals surface area contributed by atoms with Crippen LogP contribution >= 0.6 is 0 Å². The number of nitrogens with zero attached hydrogens (tertiary/aromatic N) is 2. The number of nitrogens with one attached hydrogen (secondary N) is 1. The molecule has 1 N–H and O–H groups in total. The second-order valence-electron chi connectivity index (χ2n) is 9.80. The zero-order valence-corrected chi connectivity index (χ0v) is 20.4. The molecule has 5 rings (SSSR count). The molecule has 0 spiro atoms. The van der Waals surface area contributed by atoms with Crippen molar-refractivity contribution >= 4 is 29.2 Å². The molecule has 0 saturated carbocycles. The molecule has 37 heavy (non-hydrogen) atoms. The van der Waals surface area contributed by atoms with E-state index in [-0.39, 0.29) is 37.8 Å². The Morgan fingerprint density at radius 3 is 2.62 bits per heavy atom. The molecule has 2 aromatic carbocycles. The molecule has 0 aliphatic carbocycles. The van der Waals surface area contributed by atoms with Crippen LogP contribution in [0, 0.1) is 0 Å². The number of fused-ring (bicyclic) bond motifs is 1. The summed E-state index contributed by atoms with van der Waals surface area (Å²) in [6.45, 7) is 1.61. The number of hydrogen-bond acceptors (Lipinski definition) is 5. The lowest BCUT2D eigenvalue weighted by Crippen LogP contribution is -2.52. The first-order valence-corrected chi connectivity index (χ1v) is 12.6. The van der Waals surface area contributed by atoms with E-state index in [9.17, 15) is 19.2 Å². The Morgan fingerprint density at radius 2 is 1.86 bits per heavy atom. The third-order valence-electron chi connectivity index (χ3n) is 7.32. The van der Waals surface area contributed by atoms with E-state index in [1.807, 2.05) is 0 Å². The number of hydrogen-bond donors (Lipinski definition) is 1. The van der Waals surface area contributed by atoms with Crippen LogP contribution in [0.4, 0.5) is 14.5 Å². The number of halogens is 2. The van der Waals surface area contributed by atoms with Crippen LogP contribution in [0.3, 0.4) is 0 Å². The molecule has 2 fully saturated rings. The van der Waals surface area contributed by atoms with Crippen LogP contribution in [0.1, 0.15) is 66.9 Å². The van der Waals surface area contributed by atoms with E-state index in [1.54, 1.807) is 24.3 Å². The summed E-state index contributed by atoms with van der Waals surface area (Å²) in [5.41, 5.74) is 1.86. The summed E-state index contributed by atoms with van der Waals surface area (Å²) in [4.78, 5) is 52.6. The maximum Gasteiger partial charge on any atom is 0.330 e. The number of rotatable bonds is 7. The number of Topliss-reactive ketones (excluding diaryl/α,β-unsaturated/α-hetero) is 1. The van der Waals surface area contributed by atoms with Gasteiger partial charge in [-0.1, -0.05) is 24.3 Å². The molecule has 3 heterocycles. The van der Waals surface area contributed by atoms with E-state index in [0.29, 0.717) is 22.4 Å². The standard InChI is InChI=1S/C28H29F2N3O4/c29-28(30,20-5-4-6-21(16-20)32-13-2-1-3-14-32)24(34)11-8-18-7-9-22-19(15-18)17-33(27(22)37)23-10-12-25(35)31-26(23)36/h4-7,9,15-16,23H,1-3,8,10-14,17H2,(H,31,35,36)/t23-/m1/s1/i23D. The molecular weight excluding hydrogens is 480 g/mol. The van der Waals surface area contributed by atoms with E-state index in [1.165, 1.54) is 18.2 Å². The summed E-state index contributed by atoms with van der Waals surface area (Å²) in [6.07, 6.45) is 2.68. The molecule has 0 bridgehead atoms. The number of anilines is 1. The van der Waals surface area contributed by atoms with Gasteiger partial charge in [0.25, 0.3) is 5.91 Å². The summed E-state index contributed by atoms with van der Waals surface area (Å²) in [6, 6.07) is 8.94. The van der Waals surface area contributed by atoms with E-state index in [4.69, 9.17) is 1.37 Å². The van der Waals surface area contributed by atoms with Gasteiger partial charge in [0, 0.05) is 49.3 Å². The van der Waals surface area contributed by atoms with Crippen LogP contribution in [0.25, 0.3) is 0 Å². The Hall–Kier alpha value is -3.62. The van der Waals surface area contributed by atoms with Gasteiger partial charge in [0.15, 0.2) is 0 Å². The first-order chi connectivity index (χ1) is 18.1. The van der Waals surface area contributed by atoms with Gasteiger partial charge in [-0.25, -0.2) is 0 Å². The third kappa shape index (κ3) is 4.99. The normalized spacial score (nSPS) is 22.5. The topological polar surface area (TPSA) is 86.8 Å². The summed E-state index contributed by atoms with van der Waals surface area (Å²) in [5.74, 6) is -6.63. The third-order valence-corrected chi connectivity index (χ3v) is 7.32. The number of ketones is 1. The number of benzene rings is 2. The van der Waals surface area contributed by atoms with Crippen molar-refractivity contribution in [2.24, 2.45) is 0 Å². The first-order valence-electron chi connectivity index (χ1n) is 13.1. The predicted molar refractivity (Wildman–Crippen MR) is 132 cm³/mol. The summed E-state index contributed by atoms with van der Waals surface area (Å²) in [7, 11) is 0. The van der Waals surface area contributed by atoms with Crippen molar-refractivity contribution in [3.05, 3.63) is 64.7 Å². The van der Waals surface area contributed by atoms with Crippen LogP contribution in [-0.4, -0.2) is 47.5 Å². The zero-order valence-electron chi connectivity index (χ0n) is 21.4. The Kier molecular flexibility index (Phi) is 6.44. The minimum Gasteiger partial charge on any atom is -0.372 e. The van der Waals surface area contributed by atoms with E-state index >= 15 is 8.78 Å². The lowest BCUT2D eigenvalue weighted by atomic mass is 9.97. The molecule has 0 aromatic heterocycles. The summed E-state index contributed by atoms with van der Waals surface area (Å²) in [5, 5.41) is 2.12. The van der Waals surface area contributed by atoms with Gasteiger partial charge in [0.1, 0.15) is 6.02 Å². The molecule has 1 atom stereocenters. The van der Waals surface area contributed by atoms with Gasteiger partial charge in [0.05, 0.1) is 1.37 Å². The van der Waals surface area contributed by atoms with Gasteiger partial charge < -0.3 is 9.80 Å². The van der Waals surface area contributed by atoms with Crippen molar-refractivity contribution in [3.8, 4) is 0 Å². The average Bonchev–Trinajstić information content (AvgIpc) is 3.26. The van der Waals surface area contributed by atoms with Gasteiger partial charge >= 0.3 is 5.92 Å². The number of aryl methyl sites for hydroxylation is 1. The monoisotopic (exact) mass is 510 g/mol. The van der Waals surface area contributed by atoms with E-state index in [2.05, 4.69) is 10.2 Å². The molecule has 3 aliphatic heterocycles. The van der Waals surface area contributed by atoms with Crippen molar-refractivity contribution in [3.63, 3.8) is 0 Å². The van der Waals surface area contributed by atoms with Crippen LogP contribution in [-0.2, 0) is 33.3 Å². The van der Waals surface area contributed by atoms with Crippen molar-refractivity contribution < 1.29 is 29.3 Å². The Bertz CT molecular complexity index is 1310. The molecule has 3 amide bonds. The fraction of sp³-hybridized carbons (Fsp3) is 0.429. The second-order valence-corrected chi connectivity index (χ2v) is 9.80. The zero-order chi connectivity index (χ0) is 27.1. The van der Waals surface area contributed by atoms with Crippen LogP contribution in [0.15, 0.2) is 42.5 Å². The van der Waals surface area contributed by atoms with Gasteiger partial charge in [-0.15, -0.1) is 0 Å². The number of piperidine rings is 2. The van der Waals surface area contributed by atoms with Crippen LogP contribution < -0.4 is 10.2 Å². The highest BCUT2D eigenvalue weighted by molar-refractivity contribution is 6.05. The quantitative estimate of drug-likeness (QED) is 0.574. The molecule has 9 heteroatoms. The SMILES string of the molecule is [2H][C@@]1(N2Cc3cc(CCC(=O)C(F)(F)c4cccc(N5CCCCC5)c4)ccc3C2=O)CCC(=O)NC1=O. The fourth-order valence-electron chi connectivity index (χ4n) is 5.24. The molecule has 2 saturated heterocycles. The average molecular weight is 511 g/mol. The van der Waals surface area contributed by atoms with Gasteiger partial charge in [-0.2, -0.15) is 8.78 Å². The number of carbonyl (C=O) groups excluding carboxylic acids is 4. The predicted octanol–water partition coefficient (Wildman–Crippen LogP) is 3.73. The Labute approximate surface area is 215 Å². The molecule has 2 aromatic rings. The summed E-state index contributed by atoms with van der Waals surface area (Å²) >= 11 is 0. The highest BCUT2D eigenvalue weighted by atomic mass is 19.3. The fourth-order valence-corrected chi connectivity index (χ4v) is 5.24. The van der Waals surface area contributed by atoms with Crippen LogP contribution in [0.2, 0.25) is 0 Å². The maximum atomic E-state index is 15.1. The molecule has 3 aliphatic rings. The minimum atomic E-state index is -3.63. The van der Waals surface area contributed by atoms with Gasteiger partial charge in [-0.05, 0) is 61.4 Å². The van der Waals surface area contributed by atoms with E-state index in [0.717, 1.165) is 37.3 Å². The second kappa shape index (κ2) is 10.0. The Balaban J connectivity index is 1.26. The highest BCUT2D eigenvalue weighted by Gasteiger charge is 2.41. The van der Waals surface area contributed by atoms with Crippen molar-refractivity contribution in [1.82, 2.24) is 10.2 Å². The minimum absolute atomic E-state index is 0.0134. The Morgan fingerprint density at radius 1 is 1.08 bits per heavy atom. The largest absolute Gasteiger partial charge is 0.372 e. The number of alkyl halides is 2. The molecule has 7 nitrogen and oxygen atoms in total. The first kappa shape index (κ1) is 23.8. The lowest BCUT2D eigenvalue weighted by molar-refractivity contribution is -0.144. The van der Waals surface area contributed by atoms with Crippen molar-refractivity contribution in [1.29, 1.82) is 0 Å². The molecular formula is C28H29F2N3O4. The number of imide groups is 1. The summed E-state index contributed by atoms with van der Waals surface area (Å²) < 4.78 is 38.8. The lowest BCUT2D eigenvalue weighted by Gasteiger charge is -2.29. The smallest absolute Gasteiger partial charge is 0.330 e. The molecule has 0 radical (unpaired) electrons. The van der Waals surface area contributed by atoms with E-state index < -0.39 is 35.4 Å². The van der Waals surface area contributed by atoms with Gasteiger partial charge in [-0.3, -0.25) is 24.5 Å². The van der Waals surface area contributed by atoms with Gasteiger partial charge in [0.2, 0.25) is 17.6 Å². The van der Waals surface area contributed by atoms with Crippen molar-refractivity contribution in [2.75, 3.05) is 18.0 Å². The maximum absolute atomic E-state index is 15.1.